The molecule has 0 spiro atoms. The predicted molar refractivity (Wildman–Crippen MR) is 82.9 cm³/mol. The third-order valence-electron chi connectivity index (χ3n) is 3.16. The normalized spacial score (nSPS) is 14.3. The van der Waals surface area contributed by atoms with Gasteiger partial charge in [0.15, 0.2) is 22.5 Å². The van der Waals surface area contributed by atoms with Crippen molar-refractivity contribution in [2.45, 2.75) is 31.8 Å². The van der Waals surface area contributed by atoms with Gasteiger partial charge >= 0.3 is 6.09 Å². The summed E-state index contributed by atoms with van der Waals surface area (Å²) in [6, 6.07) is 0. The second kappa shape index (κ2) is 7.09. The van der Waals surface area contributed by atoms with Crippen molar-refractivity contribution in [2.75, 3.05) is 11.5 Å². The number of halogens is 1. The molecular weight excluding hydrogens is 326 g/mol. The Morgan fingerprint density at radius 3 is 2.48 bits per heavy atom. The van der Waals surface area contributed by atoms with E-state index in [9.17, 15) is 9.59 Å². The highest BCUT2D eigenvalue weighted by molar-refractivity contribution is 6.31. The molecule has 1 aliphatic rings. The van der Waals surface area contributed by atoms with Gasteiger partial charge in [0.2, 0.25) is 5.96 Å². The lowest BCUT2D eigenvalue weighted by Gasteiger charge is -2.13. The van der Waals surface area contributed by atoms with Crippen LogP contribution in [0.15, 0.2) is 0 Å². The van der Waals surface area contributed by atoms with Crippen molar-refractivity contribution in [2.24, 2.45) is 0 Å². The Labute approximate surface area is 136 Å². The van der Waals surface area contributed by atoms with Crippen LogP contribution in [0.2, 0.25) is 5.15 Å². The predicted octanol–water partition coefficient (Wildman–Crippen LogP) is 0.628. The summed E-state index contributed by atoms with van der Waals surface area (Å²) in [5.74, 6) is -1.80. The Bertz CT molecular complexity index is 646. The number of nitrogens with zero attached hydrogens (tertiary/aromatic N) is 2. The topological polar surface area (TPSA) is 169 Å². The summed E-state index contributed by atoms with van der Waals surface area (Å²) in [6.07, 6.45) is 2.63. The van der Waals surface area contributed by atoms with E-state index in [1.54, 1.807) is 0 Å². The van der Waals surface area contributed by atoms with Crippen LogP contribution in [0.3, 0.4) is 0 Å². The molecule has 0 radical (unpaired) electrons. The molecule has 1 fully saturated rings. The molecule has 0 bridgehead atoms. The van der Waals surface area contributed by atoms with Crippen molar-refractivity contribution >= 4 is 41.2 Å². The number of alkyl carbamates (subject to hydrolysis) is 1. The van der Waals surface area contributed by atoms with Gasteiger partial charge < -0.3 is 16.2 Å². The number of hydrogen-bond donors (Lipinski definition) is 5. The molecule has 2 amide bonds. The van der Waals surface area contributed by atoms with Crippen LogP contribution in [0.5, 0.6) is 0 Å². The zero-order valence-corrected chi connectivity index (χ0v) is 12.8. The SMILES string of the molecule is N=C(NC(=O)OC1CCCC1)NC(=O)c1nc(Cl)c(N)nc1N. The van der Waals surface area contributed by atoms with Crippen LogP contribution in [0.25, 0.3) is 0 Å². The first-order valence-corrected chi connectivity index (χ1v) is 7.20. The quantitative estimate of drug-likeness (QED) is 0.388. The van der Waals surface area contributed by atoms with Gasteiger partial charge in [-0.2, -0.15) is 0 Å². The highest BCUT2D eigenvalue weighted by Gasteiger charge is 2.21. The molecular formula is C12H16ClN7O3. The van der Waals surface area contributed by atoms with Gasteiger partial charge in [0, 0.05) is 0 Å². The van der Waals surface area contributed by atoms with Crippen LogP contribution in [0.4, 0.5) is 16.4 Å². The number of anilines is 2. The molecule has 0 atom stereocenters. The standard InChI is InChI=1S/C12H16ClN7O3/c13-7-9(15)18-8(14)6(17-7)10(21)19-11(16)20-12(22)23-5-3-1-2-4-5/h5H,1-4H2,(H4,14,15,18)(H3,16,19,20,21,22). The lowest BCUT2D eigenvalue weighted by atomic mass is 10.3. The minimum atomic E-state index is -0.858. The van der Waals surface area contributed by atoms with Crippen LogP contribution in [-0.4, -0.2) is 34.0 Å². The Morgan fingerprint density at radius 2 is 1.83 bits per heavy atom. The van der Waals surface area contributed by atoms with Crippen LogP contribution in [-0.2, 0) is 4.74 Å². The zero-order valence-electron chi connectivity index (χ0n) is 12.1. The third-order valence-corrected chi connectivity index (χ3v) is 3.44. The highest BCUT2D eigenvalue weighted by atomic mass is 35.5. The average molecular weight is 342 g/mol. The van der Waals surface area contributed by atoms with Gasteiger partial charge in [-0.25, -0.2) is 14.8 Å². The molecule has 0 aliphatic heterocycles. The second-order valence-corrected chi connectivity index (χ2v) is 5.26. The Hall–Kier alpha value is -2.62. The zero-order chi connectivity index (χ0) is 17.0. The van der Waals surface area contributed by atoms with E-state index in [2.05, 4.69) is 20.6 Å². The van der Waals surface area contributed by atoms with Crippen molar-refractivity contribution in [3.63, 3.8) is 0 Å². The van der Waals surface area contributed by atoms with E-state index in [-0.39, 0.29) is 28.6 Å². The third kappa shape index (κ3) is 4.42. The van der Waals surface area contributed by atoms with Crippen molar-refractivity contribution in [1.29, 1.82) is 5.41 Å². The summed E-state index contributed by atoms with van der Waals surface area (Å²) < 4.78 is 5.10. The molecule has 1 saturated carbocycles. The van der Waals surface area contributed by atoms with Gasteiger partial charge in [-0.15, -0.1) is 0 Å². The van der Waals surface area contributed by atoms with Crippen LogP contribution >= 0.6 is 11.6 Å². The average Bonchev–Trinajstić information content (AvgIpc) is 2.95. The van der Waals surface area contributed by atoms with Crippen molar-refractivity contribution < 1.29 is 14.3 Å². The van der Waals surface area contributed by atoms with Crippen molar-refractivity contribution in [1.82, 2.24) is 20.6 Å². The first-order chi connectivity index (χ1) is 10.9. The van der Waals surface area contributed by atoms with E-state index >= 15 is 0 Å². The fraction of sp³-hybridized carbons (Fsp3) is 0.417. The smallest absolute Gasteiger partial charge is 0.414 e. The first kappa shape index (κ1) is 16.7. The minimum absolute atomic E-state index is 0.117. The number of nitrogens with one attached hydrogen (secondary N) is 3. The number of rotatable bonds is 2. The van der Waals surface area contributed by atoms with Gasteiger partial charge in [-0.05, 0) is 25.7 Å². The largest absolute Gasteiger partial charge is 0.446 e. The fourth-order valence-corrected chi connectivity index (χ4v) is 2.23. The molecule has 1 aromatic rings. The Kier molecular flexibility index (Phi) is 5.16. The van der Waals surface area contributed by atoms with E-state index in [4.69, 9.17) is 33.2 Å². The maximum absolute atomic E-state index is 11.9. The molecule has 2 rings (SSSR count). The van der Waals surface area contributed by atoms with E-state index in [0.29, 0.717) is 0 Å². The molecule has 10 nitrogen and oxygen atoms in total. The Morgan fingerprint density at radius 1 is 1.17 bits per heavy atom. The van der Waals surface area contributed by atoms with Crippen LogP contribution in [0, 0.1) is 5.41 Å². The first-order valence-electron chi connectivity index (χ1n) is 6.83. The van der Waals surface area contributed by atoms with E-state index < -0.39 is 18.0 Å². The number of carbonyl (C=O) groups is 2. The van der Waals surface area contributed by atoms with Gasteiger partial charge in [-0.1, -0.05) is 11.6 Å². The van der Waals surface area contributed by atoms with Gasteiger partial charge in [0.1, 0.15) is 6.10 Å². The molecule has 0 saturated heterocycles. The Balaban J connectivity index is 1.90. The number of ether oxygens (including phenoxy) is 1. The monoisotopic (exact) mass is 341 g/mol. The van der Waals surface area contributed by atoms with Crippen molar-refractivity contribution in [3.05, 3.63) is 10.8 Å². The number of nitrogen functional groups attached to an aromatic ring is 2. The van der Waals surface area contributed by atoms with Crippen molar-refractivity contribution in [3.8, 4) is 0 Å². The number of hydrogen-bond acceptors (Lipinski definition) is 8. The maximum atomic E-state index is 11.9. The number of guanidine groups is 1. The maximum Gasteiger partial charge on any atom is 0.414 e. The molecule has 1 heterocycles. The summed E-state index contributed by atoms with van der Waals surface area (Å²) in [5.41, 5.74) is 10.6. The summed E-state index contributed by atoms with van der Waals surface area (Å²) >= 11 is 5.67. The van der Waals surface area contributed by atoms with Crippen LogP contribution < -0.4 is 22.1 Å². The summed E-state index contributed by atoms with van der Waals surface area (Å²) in [6.45, 7) is 0. The molecule has 23 heavy (non-hydrogen) atoms. The van der Waals surface area contributed by atoms with Gasteiger partial charge in [-0.3, -0.25) is 20.8 Å². The number of nitrogens with two attached hydrogens (primary N) is 2. The number of aromatic nitrogens is 2. The molecule has 124 valence electrons. The lowest BCUT2D eigenvalue weighted by Crippen LogP contribution is -2.44. The van der Waals surface area contributed by atoms with Crippen LogP contribution in [0.1, 0.15) is 36.2 Å². The summed E-state index contributed by atoms with van der Waals surface area (Å²) in [4.78, 5) is 30.9. The summed E-state index contributed by atoms with van der Waals surface area (Å²) in [5, 5.41) is 11.5. The molecule has 11 heteroatoms. The second-order valence-electron chi connectivity index (χ2n) is 4.90. The van der Waals surface area contributed by atoms with E-state index in [1.807, 2.05) is 0 Å². The highest BCUT2D eigenvalue weighted by Crippen LogP contribution is 2.20. The fourth-order valence-electron chi connectivity index (χ4n) is 2.10. The molecule has 0 unspecified atom stereocenters. The van der Waals surface area contributed by atoms with E-state index in [0.717, 1.165) is 25.7 Å². The number of amides is 2. The molecule has 7 N–H and O–H groups in total. The minimum Gasteiger partial charge on any atom is -0.446 e. The van der Waals surface area contributed by atoms with Gasteiger partial charge in [0.05, 0.1) is 0 Å². The number of carbonyl (C=O) groups excluding carboxylic acids is 2. The lowest BCUT2D eigenvalue weighted by molar-refractivity contribution is 0.0968. The molecule has 1 aliphatic carbocycles. The summed E-state index contributed by atoms with van der Waals surface area (Å²) in [7, 11) is 0. The van der Waals surface area contributed by atoms with E-state index in [1.165, 1.54) is 0 Å². The molecule has 0 aromatic carbocycles. The van der Waals surface area contributed by atoms with Gasteiger partial charge in [0.25, 0.3) is 5.91 Å². The molecule has 1 aromatic heterocycles.